The van der Waals surface area contributed by atoms with E-state index in [0.29, 0.717) is 37.9 Å². The highest BCUT2D eigenvalue weighted by molar-refractivity contribution is 8.17. The predicted molar refractivity (Wildman–Crippen MR) is 120 cm³/mol. The van der Waals surface area contributed by atoms with Gasteiger partial charge in [0.05, 0.1) is 17.4 Å². The minimum atomic E-state index is -0.710. The first-order valence-corrected chi connectivity index (χ1v) is 10.7. The summed E-state index contributed by atoms with van der Waals surface area (Å²) in [5.41, 5.74) is 7.91. The zero-order valence-electron chi connectivity index (χ0n) is 17.0. The van der Waals surface area contributed by atoms with Crippen LogP contribution in [0.5, 0.6) is 0 Å². The van der Waals surface area contributed by atoms with E-state index in [1.54, 1.807) is 43.9 Å². The van der Waals surface area contributed by atoms with Crippen LogP contribution in [0.15, 0.2) is 67.8 Å². The molecule has 1 aromatic carbocycles. The molecular formula is C22H19ClN4O3S. The third-order valence-corrected chi connectivity index (χ3v) is 5.99. The molecule has 0 aliphatic carbocycles. The van der Waals surface area contributed by atoms with Gasteiger partial charge in [-0.2, -0.15) is 5.26 Å². The highest BCUT2D eigenvalue weighted by atomic mass is 35.5. The number of nitrogens with zero attached hydrogens (tertiary/aromatic N) is 3. The molecule has 2 aromatic rings. The second-order valence-electron chi connectivity index (χ2n) is 7.26. The molecule has 7 nitrogen and oxygen atoms in total. The van der Waals surface area contributed by atoms with E-state index < -0.39 is 12.0 Å². The maximum atomic E-state index is 13.0. The first-order chi connectivity index (χ1) is 14.8. The number of allylic oxidation sites excluding steroid dienone is 2. The molecule has 0 radical (unpaired) electrons. The van der Waals surface area contributed by atoms with Gasteiger partial charge in [-0.05, 0) is 68.9 Å². The van der Waals surface area contributed by atoms with Gasteiger partial charge in [0.2, 0.25) is 0 Å². The van der Waals surface area contributed by atoms with Crippen LogP contribution in [0.1, 0.15) is 32.6 Å². The van der Waals surface area contributed by atoms with Crippen molar-refractivity contribution in [1.29, 1.82) is 5.26 Å². The summed E-state index contributed by atoms with van der Waals surface area (Å²) in [4.78, 5) is 19.5. The highest BCUT2D eigenvalue weighted by Gasteiger charge is 2.44. The Kier molecular flexibility index (Phi) is 5.56. The Morgan fingerprint density at radius 1 is 1.32 bits per heavy atom. The number of aliphatic imine (C=N–C) groups is 1. The molecule has 0 saturated carbocycles. The van der Waals surface area contributed by atoms with Crippen LogP contribution < -0.4 is 5.73 Å². The molecule has 2 aliphatic rings. The van der Waals surface area contributed by atoms with Crippen molar-refractivity contribution < 1.29 is 13.9 Å². The van der Waals surface area contributed by atoms with Gasteiger partial charge >= 0.3 is 5.97 Å². The van der Waals surface area contributed by atoms with Crippen LogP contribution in [0, 0.1) is 11.3 Å². The molecule has 1 aromatic heterocycles. The van der Waals surface area contributed by atoms with Gasteiger partial charge in [0, 0.05) is 10.6 Å². The number of carbonyl (C=O) groups excluding carboxylic acids is 1. The first kappa shape index (κ1) is 21.1. The number of thioether (sulfide) groups is 1. The number of nitrogens with two attached hydrogens (primary N) is 1. The SMILES string of the molecule is CC1=C(C(=O)OC(C)C)[C@@H](c2ccc(-c3ccc(Cl)cc3)o2)N2C(=N1)SC(C#N)=C2N. The molecule has 158 valence electrons. The van der Waals surface area contributed by atoms with Gasteiger partial charge in [0.25, 0.3) is 0 Å². The summed E-state index contributed by atoms with van der Waals surface area (Å²) in [6.07, 6.45) is -0.310. The lowest BCUT2D eigenvalue weighted by atomic mass is 9.99. The number of amidine groups is 1. The molecule has 0 spiro atoms. The Morgan fingerprint density at radius 2 is 2.03 bits per heavy atom. The van der Waals surface area contributed by atoms with Gasteiger partial charge in [0.1, 0.15) is 34.4 Å². The second kappa shape index (κ2) is 8.17. The van der Waals surface area contributed by atoms with Crippen LogP contribution in [-0.4, -0.2) is 22.1 Å². The van der Waals surface area contributed by atoms with Crippen LogP contribution in [0.4, 0.5) is 0 Å². The van der Waals surface area contributed by atoms with Crippen LogP contribution in [0.25, 0.3) is 11.3 Å². The van der Waals surface area contributed by atoms with Crippen molar-refractivity contribution in [2.75, 3.05) is 0 Å². The highest BCUT2D eigenvalue weighted by Crippen LogP contribution is 2.46. The number of hydrogen-bond acceptors (Lipinski definition) is 8. The van der Waals surface area contributed by atoms with E-state index in [1.165, 1.54) is 0 Å². The molecule has 3 heterocycles. The summed E-state index contributed by atoms with van der Waals surface area (Å²) in [6, 6.07) is 12.2. The van der Waals surface area contributed by atoms with Crippen LogP contribution in [-0.2, 0) is 9.53 Å². The molecule has 0 fully saturated rings. The minimum absolute atomic E-state index is 0.225. The van der Waals surface area contributed by atoms with Gasteiger partial charge in [-0.3, -0.25) is 4.90 Å². The molecule has 2 aliphatic heterocycles. The average Bonchev–Trinajstić information content (AvgIpc) is 3.32. The van der Waals surface area contributed by atoms with Crippen molar-refractivity contribution in [3.8, 4) is 17.4 Å². The second-order valence-corrected chi connectivity index (χ2v) is 8.67. The summed E-state index contributed by atoms with van der Waals surface area (Å²) in [5.74, 6) is 0.811. The molecule has 31 heavy (non-hydrogen) atoms. The minimum Gasteiger partial charge on any atom is -0.459 e. The zero-order valence-corrected chi connectivity index (χ0v) is 18.6. The van der Waals surface area contributed by atoms with Gasteiger partial charge < -0.3 is 14.9 Å². The molecule has 2 N–H and O–H groups in total. The van der Waals surface area contributed by atoms with Gasteiger partial charge in [0.15, 0.2) is 5.17 Å². The summed E-state index contributed by atoms with van der Waals surface area (Å²) in [5, 5.41) is 10.6. The quantitative estimate of drug-likeness (QED) is 0.652. The van der Waals surface area contributed by atoms with E-state index >= 15 is 0 Å². The van der Waals surface area contributed by atoms with Crippen molar-refractivity contribution in [2.24, 2.45) is 10.7 Å². The topological polar surface area (TPSA) is 105 Å². The summed E-state index contributed by atoms with van der Waals surface area (Å²) in [7, 11) is 0. The van der Waals surface area contributed by atoms with E-state index in [1.807, 2.05) is 18.2 Å². The Balaban J connectivity index is 1.82. The molecule has 4 rings (SSSR count). The molecule has 0 bridgehead atoms. The van der Waals surface area contributed by atoms with E-state index in [2.05, 4.69) is 11.1 Å². The monoisotopic (exact) mass is 454 g/mol. The Bertz CT molecular complexity index is 1190. The van der Waals surface area contributed by atoms with Crippen LogP contribution in [0.3, 0.4) is 0 Å². The predicted octanol–water partition coefficient (Wildman–Crippen LogP) is 4.94. The lowest BCUT2D eigenvalue weighted by molar-refractivity contribution is -0.143. The largest absolute Gasteiger partial charge is 0.459 e. The summed E-state index contributed by atoms with van der Waals surface area (Å²) in [6.45, 7) is 5.29. The number of benzene rings is 1. The molecule has 1 atom stereocenters. The number of esters is 1. The fourth-order valence-corrected chi connectivity index (χ4v) is 4.46. The van der Waals surface area contributed by atoms with E-state index in [0.717, 1.165) is 17.3 Å². The number of rotatable bonds is 4. The van der Waals surface area contributed by atoms with Crippen LogP contribution in [0.2, 0.25) is 5.02 Å². The van der Waals surface area contributed by atoms with Gasteiger partial charge in [-0.15, -0.1) is 0 Å². The van der Waals surface area contributed by atoms with E-state index in [9.17, 15) is 10.1 Å². The fourth-order valence-electron chi connectivity index (χ4n) is 3.42. The van der Waals surface area contributed by atoms with Gasteiger partial charge in [-0.1, -0.05) is 11.6 Å². The Hall–Kier alpha value is -3.15. The Morgan fingerprint density at radius 3 is 2.68 bits per heavy atom. The fraction of sp³-hybridized carbons (Fsp3) is 0.227. The lowest BCUT2D eigenvalue weighted by Gasteiger charge is -2.33. The van der Waals surface area contributed by atoms with E-state index in [4.69, 9.17) is 26.5 Å². The molecule has 9 heteroatoms. The van der Waals surface area contributed by atoms with E-state index in [-0.39, 0.29) is 11.9 Å². The number of fused-ring (bicyclic) bond motifs is 1. The molecule has 0 unspecified atom stereocenters. The number of hydrogen-bond donors (Lipinski definition) is 1. The average molecular weight is 455 g/mol. The third kappa shape index (κ3) is 3.82. The number of ether oxygens (including phenoxy) is 1. The maximum absolute atomic E-state index is 13.0. The first-order valence-electron chi connectivity index (χ1n) is 9.53. The number of halogens is 1. The number of furan rings is 1. The Labute approximate surface area is 188 Å². The van der Waals surface area contributed by atoms with Crippen molar-refractivity contribution in [3.63, 3.8) is 0 Å². The summed E-state index contributed by atoms with van der Waals surface area (Å²) < 4.78 is 11.6. The van der Waals surface area contributed by atoms with Crippen molar-refractivity contribution in [2.45, 2.75) is 32.9 Å². The number of carbonyl (C=O) groups is 1. The van der Waals surface area contributed by atoms with Crippen molar-refractivity contribution in [1.82, 2.24) is 4.90 Å². The van der Waals surface area contributed by atoms with Crippen molar-refractivity contribution >= 4 is 34.5 Å². The smallest absolute Gasteiger partial charge is 0.338 e. The molecule has 0 saturated heterocycles. The zero-order chi connectivity index (χ0) is 22.3. The number of nitriles is 1. The van der Waals surface area contributed by atoms with Crippen molar-refractivity contribution in [3.05, 3.63) is 69.2 Å². The third-order valence-electron chi connectivity index (χ3n) is 4.77. The molecule has 0 amide bonds. The maximum Gasteiger partial charge on any atom is 0.338 e. The van der Waals surface area contributed by atoms with Crippen LogP contribution >= 0.6 is 23.4 Å². The summed E-state index contributed by atoms with van der Waals surface area (Å²) >= 11 is 7.15. The van der Waals surface area contributed by atoms with Gasteiger partial charge in [-0.25, -0.2) is 9.79 Å². The molecular weight excluding hydrogens is 436 g/mol. The normalized spacial score (nSPS) is 18.3. The standard InChI is InChI=1S/C22H19ClN4O3S/c1-11(2)29-21(28)18-12(3)26-22-27(20(25)17(10-24)31-22)19(18)16-9-8-15(30-16)13-4-6-14(23)7-5-13/h4-9,11,19H,25H2,1-3H3/t19-/m1/s1. The lowest BCUT2D eigenvalue weighted by Crippen LogP contribution is -2.38.